The lowest BCUT2D eigenvalue weighted by molar-refractivity contribution is 0.417. The van der Waals surface area contributed by atoms with Crippen molar-refractivity contribution in [3.05, 3.63) is 53.6 Å². The van der Waals surface area contributed by atoms with E-state index in [-0.39, 0.29) is 0 Å². The molecule has 3 nitrogen and oxygen atoms in total. The molecule has 2 rings (SSSR count). The van der Waals surface area contributed by atoms with E-state index in [2.05, 4.69) is 24.4 Å². The Morgan fingerprint density at radius 3 is 2.61 bits per heavy atom. The van der Waals surface area contributed by atoms with Gasteiger partial charge < -0.3 is 15.8 Å². The van der Waals surface area contributed by atoms with Gasteiger partial charge >= 0.3 is 0 Å². The predicted octanol–water partition coefficient (Wildman–Crippen LogP) is 3.20. The van der Waals surface area contributed by atoms with Crippen molar-refractivity contribution in [2.45, 2.75) is 13.5 Å². The zero-order valence-corrected chi connectivity index (χ0v) is 10.7. The zero-order valence-electron chi connectivity index (χ0n) is 10.7. The first-order valence-corrected chi connectivity index (χ1v) is 5.92. The monoisotopic (exact) mass is 242 g/mol. The quantitative estimate of drug-likeness (QED) is 0.809. The van der Waals surface area contributed by atoms with Crippen molar-refractivity contribution in [3.8, 4) is 5.75 Å². The number of nitrogens with one attached hydrogen (secondary N) is 1. The minimum Gasteiger partial charge on any atom is -0.495 e. The molecule has 0 heterocycles. The summed E-state index contributed by atoms with van der Waals surface area (Å²) >= 11 is 0. The van der Waals surface area contributed by atoms with Crippen molar-refractivity contribution in [3.63, 3.8) is 0 Å². The van der Waals surface area contributed by atoms with Crippen molar-refractivity contribution >= 4 is 11.4 Å². The number of ether oxygens (including phenoxy) is 1. The molecule has 0 aliphatic carbocycles. The lowest BCUT2D eigenvalue weighted by atomic mass is 10.1. The summed E-state index contributed by atoms with van der Waals surface area (Å²) in [6, 6.07) is 14.1. The van der Waals surface area contributed by atoms with Gasteiger partial charge in [-0.2, -0.15) is 0 Å². The summed E-state index contributed by atoms with van der Waals surface area (Å²) in [5, 5.41) is 3.40. The highest BCUT2D eigenvalue weighted by Gasteiger charge is 2.01. The molecule has 18 heavy (non-hydrogen) atoms. The second kappa shape index (κ2) is 5.45. The number of nitrogens with two attached hydrogens (primary N) is 1. The zero-order chi connectivity index (χ0) is 13.0. The van der Waals surface area contributed by atoms with Crippen LogP contribution in [0.2, 0.25) is 0 Å². The van der Waals surface area contributed by atoms with E-state index in [9.17, 15) is 0 Å². The van der Waals surface area contributed by atoms with Gasteiger partial charge in [-0.15, -0.1) is 0 Å². The maximum atomic E-state index is 5.88. The molecule has 0 aliphatic heterocycles. The lowest BCUT2D eigenvalue weighted by Gasteiger charge is -2.11. The van der Waals surface area contributed by atoms with Crippen molar-refractivity contribution < 1.29 is 4.74 Å². The van der Waals surface area contributed by atoms with Crippen LogP contribution in [0.25, 0.3) is 0 Å². The molecule has 0 radical (unpaired) electrons. The molecule has 0 saturated heterocycles. The molecular formula is C15H18N2O. The average molecular weight is 242 g/mol. The highest BCUT2D eigenvalue weighted by Crippen LogP contribution is 2.22. The summed E-state index contributed by atoms with van der Waals surface area (Å²) in [7, 11) is 1.62. The molecule has 0 atom stereocenters. The summed E-state index contributed by atoms with van der Waals surface area (Å²) in [6.07, 6.45) is 0. The van der Waals surface area contributed by atoms with Gasteiger partial charge in [0.25, 0.3) is 0 Å². The lowest BCUT2D eigenvalue weighted by Crippen LogP contribution is -2.02. The third kappa shape index (κ3) is 2.74. The van der Waals surface area contributed by atoms with Crippen LogP contribution >= 0.6 is 0 Å². The van der Waals surface area contributed by atoms with E-state index in [1.54, 1.807) is 7.11 Å². The normalized spacial score (nSPS) is 10.1. The summed E-state index contributed by atoms with van der Waals surface area (Å²) < 4.78 is 5.14. The molecule has 0 saturated carbocycles. The number of nitrogen functional groups attached to an aromatic ring is 1. The molecule has 2 aromatic rings. The number of anilines is 2. The van der Waals surface area contributed by atoms with Gasteiger partial charge in [0.2, 0.25) is 0 Å². The van der Waals surface area contributed by atoms with Crippen LogP contribution in [0.15, 0.2) is 42.5 Å². The molecule has 3 N–H and O–H groups in total. The first-order chi connectivity index (χ1) is 8.70. The Bertz CT molecular complexity index is 538. The summed E-state index contributed by atoms with van der Waals surface area (Å²) in [6.45, 7) is 2.84. The van der Waals surface area contributed by atoms with E-state index in [0.717, 1.165) is 23.5 Å². The van der Waals surface area contributed by atoms with Crippen LogP contribution in [0.3, 0.4) is 0 Å². The maximum Gasteiger partial charge on any atom is 0.141 e. The molecular weight excluding hydrogens is 224 g/mol. The number of methoxy groups -OCH3 is 1. The molecule has 3 heteroatoms. The van der Waals surface area contributed by atoms with E-state index >= 15 is 0 Å². The van der Waals surface area contributed by atoms with Crippen LogP contribution in [0.4, 0.5) is 11.4 Å². The minimum atomic E-state index is 0.668. The molecule has 2 aromatic carbocycles. The number of hydrogen-bond donors (Lipinski definition) is 2. The molecule has 0 aliphatic rings. The Morgan fingerprint density at radius 2 is 1.94 bits per heavy atom. The Balaban J connectivity index is 2.07. The van der Waals surface area contributed by atoms with Crippen LogP contribution in [0.5, 0.6) is 5.75 Å². The van der Waals surface area contributed by atoms with Gasteiger partial charge in [0, 0.05) is 12.2 Å². The Hall–Kier alpha value is -2.16. The largest absolute Gasteiger partial charge is 0.495 e. The molecule has 0 fully saturated rings. The van der Waals surface area contributed by atoms with Gasteiger partial charge in [-0.25, -0.2) is 0 Å². The van der Waals surface area contributed by atoms with Gasteiger partial charge in [0.1, 0.15) is 5.75 Å². The Kier molecular flexibility index (Phi) is 3.72. The predicted molar refractivity (Wildman–Crippen MR) is 75.9 cm³/mol. The Morgan fingerprint density at radius 1 is 1.17 bits per heavy atom. The van der Waals surface area contributed by atoms with Crippen LogP contribution < -0.4 is 15.8 Å². The smallest absolute Gasteiger partial charge is 0.141 e. The fourth-order valence-corrected chi connectivity index (χ4v) is 1.86. The second-order valence-corrected chi connectivity index (χ2v) is 4.24. The third-order valence-corrected chi connectivity index (χ3v) is 2.92. The molecule has 0 bridgehead atoms. The number of rotatable bonds is 4. The van der Waals surface area contributed by atoms with Crippen LogP contribution in [0, 0.1) is 6.92 Å². The molecule has 0 unspecified atom stereocenters. The van der Waals surface area contributed by atoms with Crippen molar-refractivity contribution in [1.29, 1.82) is 0 Å². The molecule has 94 valence electrons. The highest BCUT2D eigenvalue weighted by molar-refractivity contribution is 5.55. The van der Waals surface area contributed by atoms with E-state index in [1.807, 2.05) is 30.3 Å². The second-order valence-electron chi connectivity index (χ2n) is 4.24. The minimum absolute atomic E-state index is 0.668. The van der Waals surface area contributed by atoms with E-state index in [1.165, 1.54) is 5.56 Å². The van der Waals surface area contributed by atoms with Gasteiger partial charge in [-0.05, 0) is 36.2 Å². The van der Waals surface area contributed by atoms with Gasteiger partial charge in [0.05, 0.1) is 12.8 Å². The number of aryl methyl sites for hydroxylation is 1. The molecule has 0 aromatic heterocycles. The Labute approximate surface area is 108 Å². The third-order valence-electron chi connectivity index (χ3n) is 2.92. The topological polar surface area (TPSA) is 47.3 Å². The average Bonchev–Trinajstić information content (AvgIpc) is 2.38. The fraction of sp³-hybridized carbons (Fsp3) is 0.200. The number of hydrogen-bond acceptors (Lipinski definition) is 3. The van der Waals surface area contributed by atoms with E-state index in [4.69, 9.17) is 10.5 Å². The SMILES string of the molecule is COc1ccc(CNc2ccccc2C)cc1N. The van der Waals surface area contributed by atoms with Crippen molar-refractivity contribution in [2.75, 3.05) is 18.2 Å². The molecule has 0 amide bonds. The summed E-state index contributed by atoms with van der Waals surface area (Å²) in [4.78, 5) is 0. The summed E-state index contributed by atoms with van der Waals surface area (Å²) in [5.41, 5.74) is 10.1. The number of benzene rings is 2. The fourth-order valence-electron chi connectivity index (χ4n) is 1.86. The van der Waals surface area contributed by atoms with Gasteiger partial charge in [0.15, 0.2) is 0 Å². The van der Waals surface area contributed by atoms with Crippen LogP contribution in [-0.2, 0) is 6.54 Å². The van der Waals surface area contributed by atoms with Crippen molar-refractivity contribution in [2.24, 2.45) is 0 Å². The first-order valence-electron chi connectivity index (χ1n) is 5.92. The van der Waals surface area contributed by atoms with Crippen LogP contribution in [0.1, 0.15) is 11.1 Å². The maximum absolute atomic E-state index is 5.88. The standard InChI is InChI=1S/C15H18N2O/c1-11-5-3-4-6-14(11)17-10-12-7-8-15(18-2)13(16)9-12/h3-9,17H,10,16H2,1-2H3. The first kappa shape index (κ1) is 12.3. The highest BCUT2D eigenvalue weighted by atomic mass is 16.5. The summed E-state index contributed by atoms with van der Waals surface area (Å²) in [5.74, 6) is 0.717. The molecule has 0 spiro atoms. The van der Waals surface area contributed by atoms with Gasteiger partial charge in [-0.3, -0.25) is 0 Å². The van der Waals surface area contributed by atoms with Crippen LogP contribution in [-0.4, -0.2) is 7.11 Å². The van der Waals surface area contributed by atoms with Gasteiger partial charge in [-0.1, -0.05) is 24.3 Å². The number of para-hydroxylation sites is 1. The van der Waals surface area contributed by atoms with E-state index in [0.29, 0.717) is 5.69 Å². The van der Waals surface area contributed by atoms with E-state index < -0.39 is 0 Å². The van der Waals surface area contributed by atoms with Crippen molar-refractivity contribution in [1.82, 2.24) is 0 Å².